The Morgan fingerprint density at radius 1 is 0.971 bits per heavy atom. The van der Waals surface area contributed by atoms with Crippen molar-refractivity contribution in [2.75, 3.05) is 25.5 Å². The van der Waals surface area contributed by atoms with Crippen LogP contribution in [0.2, 0.25) is 0 Å². The number of carbonyl (C=O) groups is 1. The van der Waals surface area contributed by atoms with Crippen LogP contribution in [0.5, 0.6) is 5.75 Å². The third kappa shape index (κ3) is 6.93. The van der Waals surface area contributed by atoms with Gasteiger partial charge in [0.15, 0.2) is 0 Å². The number of ether oxygens (including phenoxy) is 1. The van der Waals surface area contributed by atoms with Crippen molar-refractivity contribution in [3.05, 3.63) is 87.9 Å². The maximum absolute atomic E-state index is 13.5. The fourth-order valence-electron chi connectivity index (χ4n) is 3.86. The van der Waals surface area contributed by atoms with Gasteiger partial charge in [-0.15, -0.1) is 0 Å². The molecule has 0 aliphatic heterocycles. The molecule has 3 aromatic carbocycles. The first-order valence-electron chi connectivity index (χ1n) is 11.6. The Morgan fingerprint density at radius 2 is 1.57 bits per heavy atom. The SMILES string of the molecule is CCc1cc(Br)cc(CC)c1NC(=O)CN(CCc1ccccc1)S(=O)(=O)c1ccc(OC)cc1. The summed E-state index contributed by atoms with van der Waals surface area (Å²) < 4.78 is 34.4. The molecule has 0 bridgehead atoms. The lowest BCUT2D eigenvalue weighted by atomic mass is 10.0. The number of sulfonamides is 1. The maximum Gasteiger partial charge on any atom is 0.243 e. The van der Waals surface area contributed by atoms with E-state index < -0.39 is 10.0 Å². The number of hydrogen-bond acceptors (Lipinski definition) is 4. The molecule has 0 heterocycles. The van der Waals surface area contributed by atoms with Crippen LogP contribution in [0.3, 0.4) is 0 Å². The molecule has 0 saturated carbocycles. The molecular weight excluding hydrogens is 528 g/mol. The number of aryl methyl sites for hydroxylation is 2. The second kappa shape index (κ2) is 12.3. The zero-order valence-electron chi connectivity index (χ0n) is 20.3. The lowest BCUT2D eigenvalue weighted by molar-refractivity contribution is -0.116. The molecule has 0 unspecified atom stereocenters. The summed E-state index contributed by atoms with van der Waals surface area (Å²) in [5, 5.41) is 2.99. The molecular formula is C27H31BrN2O4S. The van der Waals surface area contributed by atoms with E-state index in [1.54, 1.807) is 12.1 Å². The van der Waals surface area contributed by atoms with Crippen molar-refractivity contribution >= 4 is 37.5 Å². The Morgan fingerprint density at radius 3 is 2.11 bits per heavy atom. The summed E-state index contributed by atoms with van der Waals surface area (Å²) in [5.41, 5.74) is 3.75. The quantitative estimate of drug-likeness (QED) is 0.339. The summed E-state index contributed by atoms with van der Waals surface area (Å²) in [6.07, 6.45) is 1.97. The summed E-state index contributed by atoms with van der Waals surface area (Å²) in [5.74, 6) is 0.189. The van der Waals surface area contributed by atoms with Crippen molar-refractivity contribution in [3.63, 3.8) is 0 Å². The van der Waals surface area contributed by atoms with Crippen LogP contribution in [0.15, 0.2) is 76.1 Å². The Balaban J connectivity index is 1.88. The van der Waals surface area contributed by atoms with Crippen molar-refractivity contribution in [2.24, 2.45) is 0 Å². The zero-order chi connectivity index (χ0) is 25.4. The zero-order valence-corrected chi connectivity index (χ0v) is 22.7. The molecule has 0 atom stereocenters. The molecule has 0 aliphatic rings. The largest absolute Gasteiger partial charge is 0.497 e. The van der Waals surface area contributed by atoms with E-state index in [2.05, 4.69) is 21.2 Å². The van der Waals surface area contributed by atoms with Crippen molar-refractivity contribution in [1.82, 2.24) is 4.31 Å². The number of carbonyl (C=O) groups excluding carboxylic acids is 1. The maximum atomic E-state index is 13.5. The number of anilines is 1. The van der Waals surface area contributed by atoms with Crippen LogP contribution in [0.4, 0.5) is 5.69 Å². The molecule has 0 saturated heterocycles. The number of methoxy groups -OCH3 is 1. The van der Waals surface area contributed by atoms with Gasteiger partial charge in [-0.1, -0.05) is 60.1 Å². The molecule has 1 amide bonds. The van der Waals surface area contributed by atoms with Crippen LogP contribution in [0.25, 0.3) is 0 Å². The van der Waals surface area contributed by atoms with Crippen LogP contribution in [0, 0.1) is 0 Å². The van der Waals surface area contributed by atoms with E-state index >= 15 is 0 Å². The van der Waals surface area contributed by atoms with Gasteiger partial charge >= 0.3 is 0 Å². The van der Waals surface area contributed by atoms with Gasteiger partial charge in [-0.2, -0.15) is 4.31 Å². The second-order valence-corrected chi connectivity index (χ2v) is 11.0. The number of rotatable bonds is 11. The molecule has 0 radical (unpaired) electrons. The molecule has 0 aromatic heterocycles. The number of halogens is 1. The van der Waals surface area contributed by atoms with Crippen molar-refractivity contribution in [3.8, 4) is 5.75 Å². The molecule has 186 valence electrons. The van der Waals surface area contributed by atoms with E-state index in [-0.39, 0.29) is 23.9 Å². The molecule has 0 fully saturated rings. The van der Waals surface area contributed by atoms with Crippen LogP contribution in [0.1, 0.15) is 30.5 Å². The molecule has 0 spiro atoms. The number of benzene rings is 3. The fraction of sp³-hybridized carbons (Fsp3) is 0.296. The smallest absolute Gasteiger partial charge is 0.243 e. The summed E-state index contributed by atoms with van der Waals surface area (Å²) in [6, 6.07) is 19.8. The Hall–Kier alpha value is -2.68. The molecule has 6 nitrogen and oxygen atoms in total. The van der Waals surface area contributed by atoms with Gasteiger partial charge in [0, 0.05) is 16.7 Å². The lowest BCUT2D eigenvalue weighted by Crippen LogP contribution is -2.39. The molecule has 3 rings (SSSR count). The first kappa shape index (κ1) is 26.9. The highest BCUT2D eigenvalue weighted by atomic mass is 79.9. The fourth-order valence-corrected chi connectivity index (χ4v) is 5.81. The van der Waals surface area contributed by atoms with Gasteiger partial charge in [-0.05, 0) is 72.4 Å². The van der Waals surface area contributed by atoms with Crippen molar-refractivity contribution < 1.29 is 17.9 Å². The average molecular weight is 560 g/mol. The van der Waals surface area contributed by atoms with Gasteiger partial charge in [-0.25, -0.2) is 8.42 Å². The Bertz CT molecular complexity index is 1220. The van der Waals surface area contributed by atoms with Gasteiger partial charge < -0.3 is 10.1 Å². The predicted octanol–water partition coefficient (Wildman–Crippen LogP) is 5.45. The van der Waals surface area contributed by atoms with E-state index in [4.69, 9.17) is 4.74 Å². The highest BCUT2D eigenvalue weighted by Gasteiger charge is 2.27. The standard InChI is InChI=1S/C27H31BrN2O4S/c1-4-21-17-23(28)18-22(5-2)27(21)29-26(31)19-30(16-15-20-9-7-6-8-10-20)35(32,33)25-13-11-24(34-3)12-14-25/h6-14,17-18H,4-5,15-16,19H2,1-3H3,(H,29,31). The van der Waals surface area contributed by atoms with Gasteiger partial charge in [0.05, 0.1) is 18.6 Å². The minimum Gasteiger partial charge on any atom is -0.497 e. The monoisotopic (exact) mass is 558 g/mol. The summed E-state index contributed by atoms with van der Waals surface area (Å²) in [7, 11) is -2.39. The van der Waals surface area contributed by atoms with Gasteiger partial charge in [0.1, 0.15) is 5.75 Å². The predicted molar refractivity (Wildman–Crippen MR) is 143 cm³/mol. The summed E-state index contributed by atoms with van der Waals surface area (Å²) in [4.78, 5) is 13.3. The topological polar surface area (TPSA) is 75.7 Å². The third-order valence-corrected chi connectivity index (χ3v) is 8.12. The first-order valence-corrected chi connectivity index (χ1v) is 13.8. The van der Waals surface area contributed by atoms with Gasteiger partial charge in [0.25, 0.3) is 0 Å². The molecule has 0 aliphatic carbocycles. The van der Waals surface area contributed by atoms with E-state index in [0.717, 1.165) is 39.7 Å². The minimum absolute atomic E-state index is 0.117. The number of nitrogens with zero attached hydrogens (tertiary/aromatic N) is 1. The minimum atomic E-state index is -3.91. The summed E-state index contributed by atoms with van der Waals surface area (Å²) in [6.45, 7) is 3.94. The van der Waals surface area contributed by atoms with Gasteiger partial charge in [0.2, 0.25) is 15.9 Å². The molecule has 35 heavy (non-hydrogen) atoms. The van der Waals surface area contributed by atoms with Crippen LogP contribution < -0.4 is 10.1 Å². The molecule has 3 aromatic rings. The van der Waals surface area contributed by atoms with Crippen molar-refractivity contribution in [2.45, 2.75) is 38.0 Å². The number of amides is 1. The highest BCUT2D eigenvalue weighted by molar-refractivity contribution is 9.10. The molecule has 8 heteroatoms. The average Bonchev–Trinajstić information content (AvgIpc) is 2.87. The van der Waals surface area contributed by atoms with Crippen LogP contribution >= 0.6 is 15.9 Å². The van der Waals surface area contributed by atoms with Gasteiger partial charge in [-0.3, -0.25) is 4.79 Å². The Kier molecular flexibility index (Phi) is 9.48. The highest BCUT2D eigenvalue weighted by Crippen LogP contribution is 2.28. The normalized spacial score (nSPS) is 11.5. The van der Waals surface area contributed by atoms with Crippen LogP contribution in [-0.2, 0) is 34.1 Å². The lowest BCUT2D eigenvalue weighted by Gasteiger charge is -2.23. The number of hydrogen-bond donors (Lipinski definition) is 1. The van der Waals surface area contributed by atoms with Crippen LogP contribution in [-0.4, -0.2) is 38.8 Å². The van der Waals surface area contributed by atoms with E-state index in [9.17, 15) is 13.2 Å². The van der Waals surface area contributed by atoms with Crippen molar-refractivity contribution in [1.29, 1.82) is 0 Å². The number of nitrogens with one attached hydrogen (secondary N) is 1. The first-order chi connectivity index (χ1) is 16.8. The molecule has 1 N–H and O–H groups in total. The Labute approximate surface area is 216 Å². The third-order valence-electron chi connectivity index (χ3n) is 5.80. The second-order valence-electron chi connectivity index (χ2n) is 8.10. The van der Waals surface area contributed by atoms with E-state index in [1.165, 1.54) is 23.5 Å². The van der Waals surface area contributed by atoms with E-state index in [0.29, 0.717) is 12.2 Å². The van der Waals surface area contributed by atoms with E-state index in [1.807, 2.05) is 56.3 Å². The summed E-state index contributed by atoms with van der Waals surface area (Å²) >= 11 is 3.53.